The zero-order valence-corrected chi connectivity index (χ0v) is 11.6. The average Bonchev–Trinajstić information content (AvgIpc) is 2.46. The van der Waals surface area contributed by atoms with Crippen LogP contribution < -0.4 is 16.0 Å². The van der Waals surface area contributed by atoms with Gasteiger partial charge in [-0.2, -0.15) is 0 Å². The minimum atomic E-state index is -0.352. The van der Waals surface area contributed by atoms with Gasteiger partial charge >= 0.3 is 0 Å². The van der Waals surface area contributed by atoms with E-state index in [0.717, 1.165) is 13.1 Å². The average molecular weight is 275 g/mol. The second kappa shape index (κ2) is 6.18. The number of hydrogen-bond donors (Lipinski definition) is 2. The lowest BCUT2D eigenvalue weighted by molar-refractivity contribution is 0.632. The number of anilines is 4. The second-order valence-electron chi connectivity index (χ2n) is 4.24. The molecule has 106 valence electrons. The van der Waals surface area contributed by atoms with Gasteiger partial charge in [-0.25, -0.2) is 14.4 Å². The molecule has 5 nitrogen and oxygen atoms in total. The number of nitrogen functional groups attached to an aromatic ring is 1. The fourth-order valence-electron chi connectivity index (χ4n) is 1.95. The quantitative estimate of drug-likeness (QED) is 0.878. The van der Waals surface area contributed by atoms with Crippen molar-refractivity contribution in [3.8, 4) is 0 Å². The van der Waals surface area contributed by atoms with Gasteiger partial charge in [-0.05, 0) is 26.0 Å². The van der Waals surface area contributed by atoms with Crippen LogP contribution in [0.2, 0.25) is 0 Å². The van der Waals surface area contributed by atoms with Gasteiger partial charge in [-0.15, -0.1) is 0 Å². The zero-order valence-electron chi connectivity index (χ0n) is 11.6. The topological polar surface area (TPSA) is 67.1 Å². The zero-order chi connectivity index (χ0) is 14.5. The minimum Gasteiger partial charge on any atom is -0.393 e. The van der Waals surface area contributed by atoms with Crippen molar-refractivity contribution in [1.82, 2.24) is 9.97 Å². The SMILES string of the molecule is CCN(CC)c1ncnc(Nc2ccccc2F)c1N. The Balaban J connectivity index is 2.34. The molecule has 6 heteroatoms. The molecule has 1 aromatic carbocycles. The first-order valence-electron chi connectivity index (χ1n) is 6.54. The van der Waals surface area contributed by atoms with Crippen LogP contribution in [-0.4, -0.2) is 23.1 Å². The van der Waals surface area contributed by atoms with Gasteiger partial charge < -0.3 is 16.0 Å². The molecular formula is C14H18FN5. The maximum atomic E-state index is 13.6. The van der Waals surface area contributed by atoms with Crippen LogP contribution >= 0.6 is 0 Å². The maximum Gasteiger partial charge on any atom is 0.159 e. The van der Waals surface area contributed by atoms with Gasteiger partial charge in [0.25, 0.3) is 0 Å². The Bertz CT molecular complexity index is 584. The number of nitrogens with zero attached hydrogens (tertiary/aromatic N) is 3. The van der Waals surface area contributed by atoms with Crippen LogP contribution in [0.5, 0.6) is 0 Å². The molecule has 0 saturated heterocycles. The van der Waals surface area contributed by atoms with Crippen LogP contribution in [0.1, 0.15) is 13.8 Å². The van der Waals surface area contributed by atoms with Gasteiger partial charge in [0.2, 0.25) is 0 Å². The van der Waals surface area contributed by atoms with Crippen molar-refractivity contribution in [1.29, 1.82) is 0 Å². The smallest absolute Gasteiger partial charge is 0.159 e. The van der Waals surface area contributed by atoms with Crippen molar-refractivity contribution in [2.24, 2.45) is 0 Å². The third-order valence-corrected chi connectivity index (χ3v) is 3.05. The third kappa shape index (κ3) is 2.79. The summed E-state index contributed by atoms with van der Waals surface area (Å²) in [5.41, 5.74) is 6.83. The fraction of sp³-hybridized carbons (Fsp3) is 0.286. The van der Waals surface area contributed by atoms with E-state index >= 15 is 0 Å². The van der Waals surface area contributed by atoms with Crippen LogP contribution in [0, 0.1) is 5.82 Å². The van der Waals surface area contributed by atoms with E-state index in [1.54, 1.807) is 18.2 Å². The lowest BCUT2D eigenvalue weighted by Crippen LogP contribution is -2.24. The Morgan fingerprint density at radius 1 is 1.20 bits per heavy atom. The Labute approximate surface area is 117 Å². The summed E-state index contributed by atoms with van der Waals surface area (Å²) >= 11 is 0. The molecule has 0 atom stereocenters. The predicted octanol–water partition coefficient (Wildman–Crippen LogP) is 2.79. The largest absolute Gasteiger partial charge is 0.393 e. The van der Waals surface area contributed by atoms with Gasteiger partial charge in [0, 0.05) is 13.1 Å². The molecule has 0 unspecified atom stereocenters. The van der Waals surface area contributed by atoms with Gasteiger partial charge in [0.05, 0.1) is 5.69 Å². The summed E-state index contributed by atoms with van der Waals surface area (Å²) in [6.07, 6.45) is 1.42. The summed E-state index contributed by atoms with van der Waals surface area (Å²) in [4.78, 5) is 10.3. The molecule has 2 aromatic rings. The highest BCUT2D eigenvalue weighted by Gasteiger charge is 2.13. The van der Waals surface area contributed by atoms with E-state index in [2.05, 4.69) is 15.3 Å². The van der Waals surface area contributed by atoms with E-state index in [0.29, 0.717) is 23.0 Å². The summed E-state index contributed by atoms with van der Waals surface area (Å²) < 4.78 is 13.6. The Morgan fingerprint density at radius 2 is 1.90 bits per heavy atom. The summed E-state index contributed by atoms with van der Waals surface area (Å²) in [7, 11) is 0. The highest BCUT2D eigenvalue weighted by Crippen LogP contribution is 2.28. The number of aromatic nitrogens is 2. The first-order chi connectivity index (χ1) is 9.67. The van der Waals surface area contributed by atoms with Gasteiger partial charge in [0.1, 0.15) is 17.8 Å². The van der Waals surface area contributed by atoms with Crippen LogP contribution in [0.25, 0.3) is 0 Å². The van der Waals surface area contributed by atoms with Crippen molar-refractivity contribution in [2.75, 3.05) is 29.0 Å². The number of hydrogen-bond acceptors (Lipinski definition) is 5. The fourth-order valence-corrected chi connectivity index (χ4v) is 1.95. The monoisotopic (exact) mass is 275 g/mol. The van der Waals surface area contributed by atoms with Crippen molar-refractivity contribution < 1.29 is 4.39 Å². The lowest BCUT2D eigenvalue weighted by atomic mass is 10.3. The van der Waals surface area contributed by atoms with Crippen molar-refractivity contribution in [3.63, 3.8) is 0 Å². The number of nitrogens with one attached hydrogen (secondary N) is 1. The van der Waals surface area contributed by atoms with Gasteiger partial charge in [0.15, 0.2) is 11.6 Å². The van der Waals surface area contributed by atoms with Gasteiger partial charge in [-0.3, -0.25) is 0 Å². The van der Waals surface area contributed by atoms with E-state index in [1.165, 1.54) is 12.4 Å². The summed E-state index contributed by atoms with van der Waals surface area (Å²) in [5, 5.41) is 2.91. The highest BCUT2D eigenvalue weighted by molar-refractivity contribution is 5.78. The highest BCUT2D eigenvalue weighted by atomic mass is 19.1. The van der Waals surface area contributed by atoms with Crippen molar-refractivity contribution >= 4 is 23.0 Å². The van der Waals surface area contributed by atoms with E-state index < -0.39 is 0 Å². The number of para-hydroxylation sites is 1. The molecule has 0 fully saturated rings. The Kier molecular flexibility index (Phi) is 4.34. The van der Waals surface area contributed by atoms with Crippen LogP contribution in [-0.2, 0) is 0 Å². The number of halogens is 1. The summed E-state index contributed by atoms with van der Waals surface area (Å²) in [6.45, 7) is 5.62. The summed E-state index contributed by atoms with van der Waals surface area (Å²) in [6, 6.07) is 6.39. The van der Waals surface area contributed by atoms with E-state index in [1.807, 2.05) is 18.7 Å². The number of rotatable bonds is 5. The Hall–Kier alpha value is -2.37. The summed E-state index contributed by atoms with van der Waals surface area (Å²) in [5.74, 6) is 0.714. The number of benzene rings is 1. The van der Waals surface area contributed by atoms with E-state index in [-0.39, 0.29) is 5.82 Å². The normalized spacial score (nSPS) is 10.3. The molecule has 0 saturated carbocycles. The molecule has 3 N–H and O–H groups in total. The molecule has 0 bridgehead atoms. The minimum absolute atomic E-state index is 0.336. The molecule has 0 aliphatic heterocycles. The lowest BCUT2D eigenvalue weighted by Gasteiger charge is -2.22. The van der Waals surface area contributed by atoms with Gasteiger partial charge in [-0.1, -0.05) is 12.1 Å². The van der Waals surface area contributed by atoms with Crippen LogP contribution in [0.3, 0.4) is 0 Å². The molecule has 0 aliphatic carbocycles. The first-order valence-corrected chi connectivity index (χ1v) is 6.54. The first kappa shape index (κ1) is 14.0. The molecule has 1 heterocycles. The molecule has 0 amide bonds. The maximum absolute atomic E-state index is 13.6. The van der Waals surface area contributed by atoms with Crippen LogP contribution in [0.4, 0.5) is 27.4 Å². The van der Waals surface area contributed by atoms with E-state index in [4.69, 9.17) is 5.73 Å². The molecule has 0 aliphatic rings. The molecule has 1 aromatic heterocycles. The predicted molar refractivity (Wildman–Crippen MR) is 79.7 cm³/mol. The molecule has 0 radical (unpaired) electrons. The standard InChI is InChI=1S/C14H18FN5/c1-3-20(4-2)14-12(16)13(17-9-18-14)19-11-8-6-5-7-10(11)15/h5-9H,3-4,16H2,1-2H3,(H,17,18,19). The molecular weight excluding hydrogens is 257 g/mol. The molecule has 20 heavy (non-hydrogen) atoms. The Morgan fingerprint density at radius 3 is 2.55 bits per heavy atom. The van der Waals surface area contributed by atoms with E-state index in [9.17, 15) is 4.39 Å². The van der Waals surface area contributed by atoms with Crippen molar-refractivity contribution in [2.45, 2.75) is 13.8 Å². The molecule has 0 spiro atoms. The van der Waals surface area contributed by atoms with Crippen LogP contribution in [0.15, 0.2) is 30.6 Å². The number of nitrogens with two attached hydrogens (primary N) is 1. The second-order valence-corrected chi connectivity index (χ2v) is 4.24. The molecule has 2 rings (SSSR count). The third-order valence-electron chi connectivity index (χ3n) is 3.05. The van der Waals surface area contributed by atoms with Crippen molar-refractivity contribution in [3.05, 3.63) is 36.4 Å².